The van der Waals surface area contributed by atoms with E-state index in [-0.39, 0.29) is 20.4 Å². The van der Waals surface area contributed by atoms with Gasteiger partial charge >= 0.3 is 0 Å². The molecule has 0 bridgehead atoms. The van der Waals surface area contributed by atoms with Crippen molar-refractivity contribution in [3.8, 4) is 0 Å². The molecule has 28 heavy (non-hydrogen) atoms. The van der Waals surface area contributed by atoms with Gasteiger partial charge in [-0.25, -0.2) is 0 Å². The lowest BCUT2D eigenvalue weighted by atomic mass is 10.4. The van der Waals surface area contributed by atoms with Crippen molar-refractivity contribution in [3.63, 3.8) is 0 Å². The van der Waals surface area contributed by atoms with Crippen molar-refractivity contribution < 1.29 is 42.6 Å². The van der Waals surface area contributed by atoms with Gasteiger partial charge in [-0.15, -0.1) is 0 Å². The second-order valence-corrected chi connectivity index (χ2v) is 5.62. The zero-order valence-electron chi connectivity index (χ0n) is 17.7. The molecule has 0 aliphatic rings. The summed E-state index contributed by atoms with van der Waals surface area (Å²) >= 11 is 0. The molecule has 0 spiro atoms. The molecule has 0 aromatic carbocycles. The highest BCUT2D eigenvalue weighted by Gasteiger charge is 2.05. The Bertz CT molecular complexity index is 245. The van der Waals surface area contributed by atoms with Crippen LogP contribution < -0.4 is 0 Å². The molecule has 0 aromatic heterocycles. The molecule has 0 unspecified atom stereocenters. The van der Waals surface area contributed by atoms with Crippen LogP contribution in [0.15, 0.2) is 0 Å². The zero-order chi connectivity index (χ0) is 20.5. The standard InChI is InChI=1S/C18H39NO9/c1-20-10-12-27-17-24-8-5-19(4-7-23-14-15-26-16-22-3)6-9-25-18-28-13-11-21-2/h4-18H2,1-3H3. The Labute approximate surface area is 169 Å². The molecular formula is C18H39NO9. The average molecular weight is 414 g/mol. The smallest absolute Gasteiger partial charge is 0.146 e. The Morgan fingerprint density at radius 1 is 0.393 bits per heavy atom. The van der Waals surface area contributed by atoms with Crippen LogP contribution in [0.2, 0.25) is 0 Å². The third-order valence-corrected chi connectivity index (χ3v) is 3.43. The van der Waals surface area contributed by atoms with Crippen molar-refractivity contribution in [2.75, 3.05) is 121 Å². The van der Waals surface area contributed by atoms with E-state index >= 15 is 0 Å². The van der Waals surface area contributed by atoms with Gasteiger partial charge in [-0.2, -0.15) is 0 Å². The highest BCUT2D eigenvalue weighted by atomic mass is 16.7. The molecule has 0 aliphatic carbocycles. The van der Waals surface area contributed by atoms with Crippen LogP contribution in [0, 0.1) is 0 Å². The fourth-order valence-corrected chi connectivity index (χ4v) is 1.92. The second kappa shape index (κ2) is 24.6. The van der Waals surface area contributed by atoms with E-state index < -0.39 is 0 Å². The molecule has 170 valence electrons. The van der Waals surface area contributed by atoms with Gasteiger partial charge in [-0.1, -0.05) is 0 Å². The summed E-state index contributed by atoms with van der Waals surface area (Å²) in [7, 11) is 4.87. The number of hydrogen-bond acceptors (Lipinski definition) is 10. The van der Waals surface area contributed by atoms with E-state index in [9.17, 15) is 0 Å². The maximum absolute atomic E-state index is 5.57. The van der Waals surface area contributed by atoms with Crippen molar-refractivity contribution in [2.24, 2.45) is 0 Å². The maximum atomic E-state index is 5.57. The molecule has 0 saturated carbocycles. The normalized spacial score (nSPS) is 11.6. The summed E-state index contributed by atoms with van der Waals surface area (Å²) in [4.78, 5) is 2.21. The van der Waals surface area contributed by atoms with Crippen molar-refractivity contribution in [2.45, 2.75) is 0 Å². The first-order valence-electron chi connectivity index (χ1n) is 9.50. The summed E-state index contributed by atoms with van der Waals surface area (Å²) in [6.07, 6.45) is 0. The minimum atomic E-state index is 0.258. The van der Waals surface area contributed by atoms with Crippen LogP contribution in [0.1, 0.15) is 0 Å². The van der Waals surface area contributed by atoms with Crippen LogP contribution in [-0.2, 0) is 42.6 Å². The van der Waals surface area contributed by atoms with Gasteiger partial charge in [0.25, 0.3) is 0 Å². The third kappa shape index (κ3) is 21.9. The van der Waals surface area contributed by atoms with E-state index in [1.165, 1.54) is 0 Å². The van der Waals surface area contributed by atoms with E-state index in [1.54, 1.807) is 21.3 Å². The van der Waals surface area contributed by atoms with E-state index in [2.05, 4.69) is 4.90 Å². The molecule has 0 rings (SSSR count). The van der Waals surface area contributed by atoms with Gasteiger partial charge in [-0.05, 0) is 0 Å². The molecule has 0 fully saturated rings. The van der Waals surface area contributed by atoms with E-state index in [1.807, 2.05) is 0 Å². The number of ether oxygens (including phenoxy) is 9. The molecule has 0 heterocycles. The largest absolute Gasteiger partial charge is 0.382 e. The van der Waals surface area contributed by atoms with Crippen molar-refractivity contribution >= 4 is 0 Å². The monoisotopic (exact) mass is 413 g/mol. The lowest BCUT2D eigenvalue weighted by molar-refractivity contribution is -0.0802. The molecule has 0 aromatic rings. The fourth-order valence-electron chi connectivity index (χ4n) is 1.92. The molecule has 10 heteroatoms. The summed E-state index contributed by atoms with van der Waals surface area (Å²) in [6, 6.07) is 0. The topological polar surface area (TPSA) is 86.3 Å². The summed E-state index contributed by atoms with van der Waals surface area (Å²) < 4.78 is 46.9. The zero-order valence-corrected chi connectivity index (χ0v) is 17.7. The molecular weight excluding hydrogens is 374 g/mol. The summed E-state index contributed by atoms with van der Waals surface area (Å²) in [5.41, 5.74) is 0. The Balaban J connectivity index is 3.80. The third-order valence-electron chi connectivity index (χ3n) is 3.43. The van der Waals surface area contributed by atoms with Gasteiger partial charge < -0.3 is 42.6 Å². The minimum absolute atomic E-state index is 0.258. The van der Waals surface area contributed by atoms with E-state index in [4.69, 9.17) is 42.6 Å². The van der Waals surface area contributed by atoms with Crippen molar-refractivity contribution in [1.29, 1.82) is 0 Å². The van der Waals surface area contributed by atoms with Crippen LogP contribution in [0.5, 0.6) is 0 Å². The number of hydrogen-bond donors (Lipinski definition) is 0. The van der Waals surface area contributed by atoms with Gasteiger partial charge in [0.05, 0.1) is 59.5 Å². The number of rotatable bonds is 24. The summed E-state index contributed by atoms with van der Waals surface area (Å²) in [5, 5.41) is 0. The van der Waals surface area contributed by atoms with Crippen molar-refractivity contribution in [1.82, 2.24) is 4.90 Å². The van der Waals surface area contributed by atoms with Gasteiger partial charge in [0.15, 0.2) is 0 Å². The maximum Gasteiger partial charge on any atom is 0.146 e. The number of methoxy groups -OCH3 is 3. The highest BCUT2D eigenvalue weighted by molar-refractivity contribution is 4.56. The average Bonchev–Trinajstić information content (AvgIpc) is 2.71. The SMILES string of the molecule is COCCOCOCCN(CCOCCOCOC)CCOCOCCOC. The molecule has 0 N–H and O–H groups in total. The molecule has 0 amide bonds. The molecule has 0 radical (unpaired) electrons. The lowest BCUT2D eigenvalue weighted by Gasteiger charge is -2.22. The molecule has 0 saturated heterocycles. The van der Waals surface area contributed by atoms with Gasteiger partial charge in [-0.3, -0.25) is 4.90 Å². The predicted octanol–water partition coefficient (Wildman–Crippen LogP) is 0.200. The molecule has 0 atom stereocenters. The van der Waals surface area contributed by atoms with E-state index in [0.717, 1.165) is 19.6 Å². The van der Waals surface area contributed by atoms with Gasteiger partial charge in [0.2, 0.25) is 0 Å². The summed E-state index contributed by atoms with van der Waals surface area (Å²) in [6.45, 7) is 8.02. The first-order chi connectivity index (χ1) is 13.8. The predicted molar refractivity (Wildman–Crippen MR) is 102 cm³/mol. The van der Waals surface area contributed by atoms with Crippen LogP contribution >= 0.6 is 0 Å². The van der Waals surface area contributed by atoms with Crippen LogP contribution in [-0.4, -0.2) is 126 Å². The fraction of sp³-hybridized carbons (Fsp3) is 1.00. The lowest BCUT2D eigenvalue weighted by Crippen LogP contribution is -2.34. The quantitative estimate of drug-likeness (QED) is 0.162. The van der Waals surface area contributed by atoms with Gasteiger partial charge in [0.1, 0.15) is 20.4 Å². The second-order valence-electron chi connectivity index (χ2n) is 5.62. The van der Waals surface area contributed by atoms with Gasteiger partial charge in [0, 0.05) is 41.0 Å². The Morgan fingerprint density at radius 3 is 1.29 bits per heavy atom. The van der Waals surface area contributed by atoms with Crippen molar-refractivity contribution in [3.05, 3.63) is 0 Å². The first-order valence-corrected chi connectivity index (χ1v) is 9.50. The minimum Gasteiger partial charge on any atom is -0.382 e. The first kappa shape index (κ1) is 27.6. The van der Waals surface area contributed by atoms with Crippen LogP contribution in [0.4, 0.5) is 0 Å². The summed E-state index contributed by atoms with van der Waals surface area (Å²) in [5.74, 6) is 0. The Kier molecular flexibility index (Phi) is 24.3. The number of nitrogens with zero attached hydrogens (tertiary/aromatic N) is 1. The van der Waals surface area contributed by atoms with Crippen LogP contribution in [0.3, 0.4) is 0 Å². The van der Waals surface area contributed by atoms with Crippen LogP contribution in [0.25, 0.3) is 0 Å². The Hall–Kier alpha value is -0.400. The molecule has 10 nitrogen and oxygen atoms in total. The van der Waals surface area contributed by atoms with E-state index in [0.29, 0.717) is 59.5 Å². The Morgan fingerprint density at radius 2 is 0.786 bits per heavy atom. The molecule has 0 aliphatic heterocycles. The highest BCUT2D eigenvalue weighted by Crippen LogP contribution is 1.93.